The number of oxime groups is 1. The number of hydrogen-bond acceptors (Lipinski definition) is 6. The SMILES string of the molecule is C1=NOCC1.CNC(=O)OC(C)(C)C.O=C1N2CCCC(C2)N1OCc1ccccc1. The zero-order valence-corrected chi connectivity index (χ0v) is 18.9. The van der Waals surface area contributed by atoms with Gasteiger partial charge in [-0.05, 0) is 39.2 Å². The molecule has 0 aromatic heterocycles. The van der Waals surface area contributed by atoms with Crippen LogP contribution >= 0.6 is 0 Å². The maximum Gasteiger partial charge on any atom is 0.407 e. The van der Waals surface area contributed by atoms with E-state index >= 15 is 0 Å². The molecule has 9 nitrogen and oxygen atoms in total. The summed E-state index contributed by atoms with van der Waals surface area (Å²) in [7, 11) is 1.54. The average molecular weight is 435 g/mol. The number of urea groups is 1. The molecule has 0 saturated carbocycles. The second kappa shape index (κ2) is 12.1. The predicted molar refractivity (Wildman–Crippen MR) is 117 cm³/mol. The molecule has 1 atom stereocenters. The maximum atomic E-state index is 11.9. The minimum Gasteiger partial charge on any atom is -0.444 e. The van der Waals surface area contributed by atoms with E-state index in [-0.39, 0.29) is 23.8 Å². The van der Waals surface area contributed by atoms with Crippen molar-refractivity contribution in [3.8, 4) is 0 Å². The Labute approximate surface area is 184 Å². The summed E-state index contributed by atoms with van der Waals surface area (Å²) >= 11 is 0. The Morgan fingerprint density at radius 3 is 2.52 bits per heavy atom. The first kappa shape index (κ1) is 24.5. The molecule has 1 aromatic carbocycles. The van der Waals surface area contributed by atoms with E-state index in [9.17, 15) is 9.59 Å². The fourth-order valence-electron chi connectivity index (χ4n) is 3.09. The van der Waals surface area contributed by atoms with E-state index in [0.717, 1.165) is 44.5 Å². The van der Waals surface area contributed by atoms with E-state index in [1.807, 2.05) is 56.0 Å². The van der Waals surface area contributed by atoms with Crippen molar-refractivity contribution in [2.75, 3.05) is 26.7 Å². The van der Waals surface area contributed by atoms with Crippen molar-refractivity contribution in [3.05, 3.63) is 35.9 Å². The number of rotatable bonds is 3. The molecule has 3 heterocycles. The van der Waals surface area contributed by atoms with E-state index in [1.165, 1.54) is 7.05 Å². The molecule has 3 aliphatic heterocycles. The molecule has 172 valence electrons. The highest BCUT2D eigenvalue weighted by Crippen LogP contribution is 2.25. The van der Waals surface area contributed by atoms with Crippen LogP contribution in [-0.2, 0) is 21.0 Å². The van der Waals surface area contributed by atoms with Gasteiger partial charge >= 0.3 is 12.1 Å². The first-order valence-electron chi connectivity index (χ1n) is 10.6. The van der Waals surface area contributed by atoms with Crippen molar-refractivity contribution in [1.82, 2.24) is 15.3 Å². The van der Waals surface area contributed by atoms with E-state index in [0.29, 0.717) is 6.61 Å². The van der Waals surface area contributed by atoms with E-state index in [2.05, 4.69) is 15.3 Å². The van der Waals surface area contributed by atoms with Gasteiger partial charge < -0.3 is 19.8 Å². The molecular weight excluding hydrogens is 400 g/mol. The summed E-state index contributed by atoms with van der Waals surface area (Å²) in [5.41, 5.74) is 0.705. The zero-order valence-electron chi connectivity index (χ0n) is 18.9. The van der Waals surface area contributed by atoms with Crippen LogP contribution < -0.4 is 5.32 Å². The van der Waals surface area contributed by atoms with Gasteiger partial charge in [-0.2, -0.15) is 5.06 Å². The Morgan fingerprint density at radius 1 is 1.29 bits per heavy atom. The van der Waals surface area contributed by atoms with Gasteiger partial charge in [0.1, 0.15) is 18.8 Å². The Morgan fingerprint density at radius 2 is 2.03 bits per heavy atom. The first-order valence-corrected chi connectivity index (χ1v) is 10.6. The van der Waals surface area contributed by atoms with Crippen molar-refractivity contribution in [3.63, 3.8) is 0 Å². The largest absolute Gasteiger partial charge is 0.444 e. The van der Waals surface area contributed by atoms with Crippen molar-refractivity contribution in [2.24, 2.45) is 5.16 Å². The van der Waals surface area contributed by atoms with Gasteiger partial charge in [0.05, 0.1) is 6.04 Å². The molecule has 3 amide bonds. The highest BCUT2D eigenvalue weighted by molar-refractivity contribution is 5.76. The van der Waals surface area contributed by atoms with Crippen molar-refractivity contribution < 1.29 is 24.0 Å². The van der Waals surface area contributed by atoms with Crippen LogP contribution in [0.3, 0.4) is 0 Å². The molecule has 1 unspecified atom stereocenters. The minimum absolute atomic E-state index is 0.0310. The fraction of sp³-hybridized carbons (Fsp3) is 0.591. The number of ether oxygens (including phenoxy) is 1. The van der Waals surface area contributed by atoms with Crippen LogP contribution in [0.5, 0.6) is 0 Å². The predicted octanol–water partition coefficient (Wildman–Crippen LogP) is 3.55. The number of piperidine rings is 1. The summed E-state index contributed by atoms with van der Waals surface area (Å²) in [5.74, 6) is 0. The maximum absolute atomic E-state index is 11.9. The monoisotopic (exact) mass is 434 g/mol. The number of fused-ring (bicyclic) bond motifs is 2. The summed E-state index contributed by atoms with van der Waals surface area (Å²) < 4.78 is 4.84. The topological polar surface area (TPSA) is 92.7 Å². The lowest BCUT2D eigenvalue weighted by molar-refractivity contribution is -0.140. The molecule has 3 aliphatic rings. The first-order chi connectivity index (χ1) is 14.8. The van der Waals surface area contributed by atoms with Crippen molar-refractivity contribution >= 4 is 18.3 Å². The molecule has 2 bridgehead atoms. The summed E-state index contributed by atoms with van der Waals surface area (Å²) in [5, 5.41) is 7.39. The molecule has 0 radical (unpaired) electrons. The molecule has 1 N–H and O–H groups in total. The second-order valence-corrected chi connectivity index (χ2v) is 8.27. The number of carbonyl (C=O) groups is 2. The van der Waals surface area contributed by atoms with Crippen LogP contribution in [0.25, 0.3) is 0 Å². The number of amides is 3. The molecular formula is C22H34N4O5. The van der Waals surface area contributed by atoms with Gasteiger partial charge in [0.15, 0.2) is 0 Å². The third-order valence-corrected chi connectivity index (χ3v) is 4.49. The molecule has 0 spiro atoms. The van der Waals surface area contributed by atoms with E-state index in [4.69, 9.17) is 9.57 Å². The fourth-order valence-corrected chi connectivity index (χ4v) is 3.09. The van der Waals surface area contributed by atoms with Crippen LogP contribution in [-0.4, -0.2) is 66.7 Å². The van der Waals surface area contributed by atoms with Gasteiger partial charge in [0.25, 0.3) is 0 Å². The normalized spacial score (nSPS) is 19.0. The van der Waals surface area contributed by atoms with Gasteiger partial charge in [0, 0.05) is 32.8 Å². The average Bonchev–Trinajstić information content (AvgIpc) is 3.39. The minimum atomic E-state index is -0.389. The zero-order chi connectivity index (χ0) is 22.7. The molecule has 2 saturated heterocycles. The van der Waals surface area contributed by atoms with Crippen molar-refractivity contribution in [1.29, 1.82) is 0 Å². The number of carbonyl (C=O) groups excluding carboxylic acids is 2. The Hall–Kier alpha value is -2.81. The van der Waals surface area contributed by atoms with Crippen LogP contribution in [0.4, 0.5) is 9.59 Å². The van der Waals surface area contributed by atoms with Crippen LogP contribution in [0.1, 0.15) is 45.6 Å². The summed E-state index contributed by atoms with van der Waals surface area (Å²) in [4.78, 5) is 34.5. The Balaban J connectivity index is 0.000000204. The van der Waals surface area contributed by atoms with Crippen LogP contribution in [0.2, 0.25) is 0 Å². The third kappa shape index (κ3) is 8.84. The van der Waals surface area contributed by atoms with Gasteiger partial charge in [-0.3, -0.25) is 4.84 Å². The molecule has 31 heavy (non-hydrogen) atoms. The van der Waals surface area contributed by atoms with E-state index < -0.39 is 0 Å². The lowest BCUT2D eigenvalue weighted by Gasteiger charge is -2.22. The molecule has 1 aromatic rings. The Kier molecular flexibility index (Phi) is 9.58. The van der Waals surface area contributed by atoms with Gasteiger partial charge in [-0.15, -0.1) is 0 Å². The highest BCUT2D eigenvalue weighted by Gasteiger charge is 2.40. The molecule has 0 aliphatic carbocycles. The van der Waals surface area contributed by atoms with Gasteiger partial charge in [-0.25, -0.2) is 9.59 Å². The second-order valence-electron chi connectivity index (χ2n) is 8.27. The molecule has 9 heteroatoms. The van der Waals surface area contributed by atoms with Crippen LogP contribution in [0.15, 0.2) is 35.5 Å². The smallest absolute Gasteiger partial charge is 0.407 e. The highest BCUT2D eigenvalue weighted by atomic mass is 16.7. The lowest BCUT2D eigenvalue weighted by atomic mass is 10.1. The van der Waals surface area contributed by atoms with Crippen LogP contribution in [0, 0.1) is 0 Å². The van der Waals surface area contributed by atoms with Gasteiger partial charge in [-0.1, -0.05) is 35.5 Å². The van der Waals surface area contributed by atoms with Gasteiger partial charge in [0.2, 0.25) is 0 Å². The number of benzene rings is 1. The molecule has 2 fully saturated rings. The van der Waals surface area contributed by atoms with Crippen molar-refractivity contribution in [2.45, 2.75) is 58.3 Å². The lowest BCUT2D eigenvalue weighted by Crippen LogP contribution is -2.33. The standard InChI is InChI=1S/C13H16N2O2.C6H13NO2.C3H5NO/c16-13-14-8-4-7-12(9-14)15(13)17-10-11-5-2-1-3-6-11;1-6(2,3)9-5(8)7-4;1-2-4-5-3-1/h1-3,5-6,12H,4,7-10H2;1-4H3,(H,7,8);2H,1,3H2. The summed E-state index contributed by atoms with van der Waals surface area (Å²) in [6, 6.07) is 10.2. The number of hydrogen-bond donors (Lipinski definition) is 1. The third-order valence-electron chi connectivity index (χ3n) is 4.49. The summed E-state index contributed by atoms with van der Waals surface area (Å²) in [6.07, 6.45) is 4.50. The quantitative estimate of drug-likeness (QED) is 0.785. The Bertz CT molecular complexity index is 714. The number of hydroxylamine groups is 2. The summed E-state index contributed by atoms with van der Waals surface area (Å²) in [6.45, 7) is 8.41. The number of nitrogens with one attached hydrogen (secondary N) is 1. The molecule has 4 rings (SSSR count). The van der Waals surface area contributed by atoms with E-state index in [1.54, 1.807) is 11.3 Å². The number of alkyl carbamates (subject to hydrolysis) is 1. The number of nitrogens with zero attached hydrogens (tertiary/aromatic N) is 3.